The van der Waals surface area contributed by atoms with E-state index < -0.39 is 9.84 Å². The van der Waals surface area contributed by atoms with Crippen molar-refractivity contribution in [2.24, 2.45) is 5.41 Å². The lowest BCUT2D eigenvalue weighted by molar-refractivity contribution is -0.127. The fourth-order valence-corrected chi connectivity index (χ4v) is 3.21. The van der Waals surface area contributed by atoms with Crippen LogP contribution in [0.25, 0.3) is 0 Å². The highest BCUT2D eigenvalue weighted by molar-refractivity contribution is 7.91. The van der Waals surface area contributed by atoms with Crippen molar-refractivity contribution in [3.8, 4) is 0 Å². The Morgan fingerprint density at radius 3 is 2.31 bits per heavy atom. The summed E-state index contributed by atoms with van der Waals surface area (Å²) in [6.07, 6.45) is 5.14. The molecule has 0 heterocycles. The minimum Gasteiger partial charge on any atom is -0.299 e. The average Bonchev–Trinajstić information content (AvgIpc) is 2.66. The van der Waals surface area contributed by atoms with Crippen molar-refractivity contribution >= 4 is 15.6 Å². The van der Waals surface area contributed by atoms with E-state index in [1.807, 2.05) is 6.92 Å². The molecule has 1 rings (SSSR count). The second-order valence-corrected chi connectivity index (χ2v) is 7.50. The zero-order valence-electron chi connectivity index (χ0n) is 10.3. The summed E-state index contributed by atoms with van der Waals surface area (Å²) in [5.41, 5.74) is -0.157. The van der Waals surface area contributed by atoms with Gasteiger partial charge in [-0.1, -0.05) is 26.7 Å². The summed E-state index contributed by atoms with van der Waals surface area (Å²) < 4.78 is 22.5. The molecule has 0 atom stereocenters. The van der Waals surface area contributed by atoms with Gasteiger partial charge in [-0.15, -0.1) is 0 Å². The zero-order valence-corrected chi connectivity index (χ0v) is 11.1. The van der Waals surface area contributed by atoms with Gasteiger partial charge in [-0.05, 0) is 19.3 Å². The summed E-state index contributed by atoms with van der Waals surface area (Å²) >= 11 is 0. The lowest BCUT2D eigenvalue weighted by Crippen LogP contribution is -2.24. The molecule has 0 spiro atoms. The third-order valence-electron chi connectivity index (χ3n) is 3.68. The lowest BCUT2D eigenvalue weighted by atomic mass is 9.82. The van der Waals surface area contributed by atoms with Gasteiger partial charge in [-0.2, -0.15) is 0 Å². The van der Waals surface area contributed by atoms with Crippen LogP contribution in [-0.4, -0.2) is 25.7 Å². The monoisotopic (exact) mass is 246 g/mol. The highest BCUT2D eigenvalue weighted by Gasteiger charge is 2.35. The van der Waals surface area contributed by atoms with Crippen molar-refractivity contribution < 1.29 is 13.2 Å². The molecular weight excluding hydrogens is 224 g/mol. The molecule has 3 nitrogen and oxygen atoms in total. The summed E-state index contributed by atoms with van der Waals surface area (Å²) in [6, 6.07) is 0. The van der Waals surface area contributed by atoms with E-state index in [1.54, 1.807) is 6.92 Å². The van der Waals surface area contributed by atoms with Crippen LogP contribution in [0.3, 0.4) is 0 Å². The molecule has 94 valence electrons. The Kier molecular flexibility index (Phi) is 4.53. The van der Waals surface area contributed by atoms with Crippen molar-refractivity contribution in [1.29, 1.82) is 0 Å². The predicted molar refractivity (Wildman–Crippen MR) is 65.1 cm³/mol. The Labute approximate surface area is 98.5 Å². The molecule has 0 aromatic heterocycles. The van der Waals surface area contributed by atoms with Gasteiger partial charge in [0.15, 0.2) is 0 Å². The Balaban J connectivity index is 2.36. The van der Waals surface area contributed by atoms with Crippen LogP contribution in [0.5, 0.6) is 0 Å². The maximum atomic E-state index is 11.9. The van der Waals surface area contributed by atoms with E-state index in [4.69, 9.17) is 0 Å². The van der Waals surface area contributed by atoms with Crippen LogP contribution < -0.4 is 0 Å². The number of sulfone groups is 1. The molecule has 0 radical (unpaired) electrons. The van der Waals surface area contributed by atoms with Gasteiger partial charge in [-0.3, -0.25) is 4.79 Å². The quantitative estimate of drug-likeness (QED) is 0.723. The first-order valence-electron chi connectivity index (χ1n) is 6.13. The maximum Gasteiger partial charge on any atom is 0.150 e. The van der Waals surface area contributed by atoms with Crippen molar-refractivity contribution in [3.05, 3.63) is 0 Å². The molecule has 0 amide bonds. The minimum atomic E-state index is -2.91. The second kappa shape index (κ2) is 5.30. The van der Waals surface area contributed by atoms with Crippen molar-refractivity contribution in [2.75, 3.05) is 11.5 Å². The molecular formula is C12H22O3S. The first kappa shape index (κ1) is 13.7. The lowest BCUT2D eigenvalue weighted by Gasteiger charge is -2.21. The number of Topliss-reactive ketones (excluding diaryl/α,β-unsaturated/α-hetero) is 1. The normalized spacial score (nSPS) is 19.9. The molecule has 0 bridgehead atoms. The average molecular weight is 246 g/mol. The Hall–Kier alpha value is -0.380. The SMILES string of the molecule is CCS(=O)(=O)CCCC(=O)C1(C)CCCC1. The predicted octanol–water partition coefficient (Wildman–Crippen LogP) is 2.35. The summed E-state index contributed by atoms with van der Waals surface area (Å²) in [7, 11) is -2.91. The van der Waals surface area contributed by atoms with Crippen LogP contribution in [0.15, 0.2) is 0 Å². The van der Waals surface area contributed by atoms with Gasteiger partial charge in [0.2, 0.25) is 0 Å². The van der Waals surface area contributed by atoms with Gasteiger partial charge in [0.25, 0.3) is 0 Å². The van der Waals surface area contributed by atoms with Crippen LogP contribution in [0.4, 0.5) is 0 Å². The number of hydrogen-bond donors (Lipinski definition) is 0. The van der Waals surface area contributed by atoms with Crippen molar-refractivity contribution in [3.63, 3.8) is 0 Å². The van der Waals surface area contributed by atoms with Gasteiger partial charge in [0.1, 0.15) is 15.6 Å². The molecule has 0 aromatic rings. The molecule has 1 aliphatic carbocycles. The van der Waals surface area contributed by atoms with E-state index in [2.05, 4.69) is 0 Å². The third kappa shape index (κ3) is 3.58. The van der Waals surface area contributed by atoms with Gasteiger partial charge < -0.3 is 0 Å². The van der Waals surface area contributed by atoms with Gasteiger partial charge in [0, 0.05) is 17.6 Å². The van der Waals surface area contributed by atoms with Crippen LogP contribution >= 0.6 is 0 Å². The molecule has 0 aromatic carbocycles. The largest absolute Gasteiger partial charge is 0.299 e. The number of rotatable bonds is 6. The molecule has 16 heavy (non-hydrogen) atoms. The van der Waals surface area contributed by atoms with E-state index in [-0.39, 0.29) is 22.7 Å². The van der Waals surface area contributed by atoms with E-state index in [9.17, 15) is 13.2 Å². The van der Waals surface area contributed by atoms with Crippen LogP contribution in [0.1, 0.15) is 52.4 Å². The fourth-order valence-electron chi connectivity index (χ4n) is 2.33. The van der Waals surface area contributed by atoms with Crippen LogP contribution in [0.2, 0.25) is 0 Å². The standard InChI is InChI=1S/C12H22O3S/c1-3-16(14,15)10-6-7-11(13)12(2)8-4-5-9-12/h3-10H2,1-2H3. The highest BCUT2D eigenvalue weighted by atomic mass is 32.2. The molecule has 1 aliphatic rings. The fraction of sp³-hybridized carbons (Fsp3) is 0.917. The Bertz CT molecular complexity index is 337. The summed E-state index contributed by atoms with van der Waals surface area (Å²) in [5.74, 6) is 0.598. The number of carbonyl (C=O) groups excluding carboxylic acids is 1. The second-order valence-electron chi connectivity index (χ2n) is 5.03. The summed E-state index contributed by atoms with van der Waals surface area (Å²) in [4.78, 5) is 11.9. The molecule has 0 N–H and O–H groups in total. The smallest absolute Gasteiger partial charge is 0.150 e. The van der Waals surface area contributed by atoms with E-state index in [1.165, 1.54) is 0 Å². The van der Waals surface area contributed by atoms with Crippen molar-refractivity contribution in [2.45, 2.75) is 52.4 Å². The van der Waals surface area contributed by atoms with Crippen LogP contribution in [0, 0.1) is 5.41 Å². The number of carbonyl (C=O) groups is 1. The van der Waals surface area contributed by atoms with Gasteiger partial charge >= 0.3 is 0 Å². The van der Waals surface area contributed by atoms with E-state index in [0.717, 1.165) is 25.7 Å². The van der Waals surface area contributed by atoms with Gasteiger partial charge in [-0.25, -0.2) is 8.42 Å². The summed E-state index contributed by atoms with van der Waals surface area (Å²) in [6.45, 7) is 3.67. The highest BCUT2D eigenvalue weighted by Crippen LogP contribution is 2.39. The van der Waals surface area contributed by atoms with E-state index >= 15 is 0 Å². The molecule has 0 aliphatic heterocycles. The maximum absolute atomic E-state index is 11.9. The number of ketones is 1. The molecule has 1 saturated carbocycles. The molecule has 0 unspecified atom stereocenters. The molecule has 1 fully saturated rings. The summed E-state index contributed by atoms with van der Waals surface area (Å²) in [5, 5.41) is 0. The zero-order chi connectivity index (χ0) is 12.2. The Morgan fingerprint density at radius 1 is 1.25 bits per heavy atom. The Morgan fingerprint density at radius 2 is 1.81 bits per heavy atom. The van der Waals surface area contributed by atoms with Gasteiger partial charge in [0.05, 0.1) is 5.75 Å². The van der Waals surface area contributed by atoms with Crippen molar-refractivity contribution in [1.82, 2.24) is 0 Å². The van der Waals surface area contributed by atoms with Crippen LogP contribution in [-0.2, 0) is 14.6 Å². The molecule has 0 saturated heterocycles. The minimum absolute atomic E-state index is 0.157. The first-order valence-corrected chi connectivity index (χ1v) is 7.95. The third-order valence-corrected chi connectivity index (χ3v) is 5.47. The van der Waals surface area contributed by atoms with E-state index in [0.29, 0.717) is 12.8 Å². The molecule has 4 heteroatoms. The number of hydrogen-bond acceptors (Lipinski definition) is 3. The first-order chi connectivity index (χ1) is 7.40. The topological polar surface area (TPSA) is 51.2 Å².